The maximum Gasteiger partial charge on any atom is 0.337 e. The molecule has 0 spiro atoms. The van der Waals surface area contributed by atoms with E-state index in [1.807, 2.05) is 12.1 Å². The molecule has 0 aliphatic heterocycles. The molecule has 0 aliphatic rings. The van der Waals surface area contributed by atoms with Crippen LogP contribution in [0.1, 0.15) is 21.7 Å². The summed E-state index contributed by atoms with van der Waals surface area (Å²) in [5.41, 5.74) is 1.65. The van der Waals surface area contributed by atoms with Crippen LogP contribution in [-0.4, -0.2) is 29.8 Å². The number of rotatable bonds is 6. The van der Waals surface area contributed by atoms with Gasteiger partial charge in [0.2, 0.25) is 6.39 Å². The van der Waals surface area contributed by atoms with Crippen molar-refractivity contribution in [2.75, 3.05) is 13.7 Å². The highest BCUT2D eigenvalue weighted by molar-refractivity contribution is 5.89. The van der Waals surface area contributed by atoms with Gasteiger partial charge in [-0.05, 0) is 17.7 Å². The van der Waals surface area contributed by atoms with Gasteiger partial charge in [-0.3, -0.25) is 0 Å². The molecular formula is C13H15N3O3. The van der Waals surface area contributed by atoms with Gasteiger partial charge in [0.1, 0.15) is 0 Å². The van der Waals surface area contributed by atoms with E-state index in [9.17, 15) is 4.79 Å². The van der Waals surface area contributed by atoms with E-state index in [4.69, 9.17) is 0 Å². The van der Waals surface area contributed by atoms with Crippen molar-refractivity contribution in [2.45, 2.75) is 13.0 Å². The number of carbonyl (C=O) groups is 1. The van der Waals surface area contributed by atoms with Gasteiger partial charge in [-0.25, -0.2) is 4.79 Å². The number of carbonyl (C=O) groups excluding carboxylic acids is 1. The van der Waals surface area contributed by atoms with E-state index in [0.29, 0.717) is 11.4 Å². The Morgan fingerprint density at radius 3 is 2.79 bits per heavy atom. The summed E-state index contributed by atoms with van der Waals surface area (Å²) in [5.74, 6) is 0.366. The van der Waals surface area contributed by atoms with Crippen LogP contribution in [-0.2, 0) is 17.7 Å². The van der Waals surface area contributed by atoms with Gasteiger partial charge in [0, 0.05) is 19.5 Å². The van der Waals surface area contributed by atoms with Crippen molar-refractivity contribution >= 4 is 5.97 Å². The number of nitrogens with zero attached hydrogens (tertiary/aromatic N) is 2. The molecule has 0 aliphatic carbocycles. The van der Waals surface area contributed by atoms with Gasteiger partial charge in [-0.15, -0.1) is 0 Å². The first-order chi connectivity index (χ1) is 9.29. The Morgan fingerprint density at radius 1 is 1.37 bits per heavy atom. The second-order valence-corrected chi connectivity index (χ2v) is 3.96. The van der Waals surface area contributed by atoms with Crippen molar-refractivity contribution in [2.24, 2.45) is 0 Å². The lowest BCUT2D eigenvalue weighted by Crippen LogP contribution is -2.17. The van der Waals surface area contributed by atoms with Crippen molar-refractivity contribution in [3.8, 4) is 0 Å². The van der Waals surface area contributed by atoms with E-state index < -0.39 is 0 Å². The monoisotopic (exact) mass is 261 g/mol. The first-order valence-electron chi connectivity index (χ1n) is 5.93. The van der Waals surface area contributed by atoms with Crippen molar-refractivity contribution in [1.29, 1.82) is 0 Å². The van der Waals surface area contributed by atoms with Crippen LogP contribution in [0.25, 0.3) is 0 Å². The van der Waals surface area contributed by atoms with Crippen LogP contribution in [0.5, 0.6) is 0 Å². The van der Waals surface area contributed by atoms with E-state index in [0.717, 1.165) is 25.1 Å². The minimum Gasteiger partial charge on any atom is -0.465 e. The normalized spacial score (nSPS) is 10.4. The predicted molar refractivity (Wildman–Crippen MR) is 67.5 cm³/mol. The first kappa shape index (κ1) is 13.2. The molecule has 1 aromatic heterocycles. The van der Waals surface area contributed by atoms with Crippen LogP contribution in [0.15, 0.2) is 35.2 Å². The van der Waals surface area contributed by atoms with Gasteiger partial charge in [-0.2, -0.15) is 4.98 Å². The number of ether oxygens (including phenoxy) is 1. The molecule has 1 heterocycles. The Bertz CT molecular complexity index is 508. The average molecular weight is 261 g/mol. The summed E-state index contributed by atoms with van der Waals surface area (Å²) in [5, 5.41) is 6.99. The van der Waals surface area contributed by atoms with E-state index in [1.165, 1.54) is 13.5 Å². The molecule has 1 N–H and O–H groups in total. The maximum atomic E-state index is 11.3. The van der Waals surface area contributed by atoms with Gasteiger partial charge in [0.25, 0.3) is 0 Å². The van der Waals surface area contributed by atoms with Gasteiger partial charge in [0.15, 0.2) is 5.82 Å². The second kappa shape index (κ2) is 6.65. The van der Waals surface area contributed by atoms with Crippen LogP contribution in [0, 0.1) is 0 Å². The molecule has 6 nitrogen and oxygen atoms in total. The van der Waals surface area contributed by atoms with E-state index >= 15 is 0 Å². The van der Waals surface area contributed by atoms with Crippen molar-refractivity contribution in [3.05, 3.63) is 47.6 Å². The number of nitrogens with one attached hydrogen (secondary N) is 1. The van der Waals surface area contributed by atoms with E-state index in [1.54, 1.807) is 12.1 Å². The Labute approximate surface area is 110 Å². The highest BCUT2D eigenvalue weighted by Crippen LogP contribution is 2.05. The van der Waals surface area contributed by atoms with E-state index in [2.05, 4.69) is 24.7 Å². The molecule has 0 radical (unpaired) electrons. The molecule has 0 unspecified atom stereocenters. The molecule has 0 saturated heterocycles. The molecule has 1 aromatic carbocycles. The van der Waals surface area contributed by atoms with Crippen molar-refractivity contribution in [3.63, 3.8) is 0 Å². The summed E-state index contributed by atoms with van der Waals surface area (Å²) < 4.78 is 9.28. The van der Waals surface area contributed by atoms with Gasteiger partial charge < -0.3 is 14.6 Å². The lowest BCUT2D eigenvalue weighted by atomic mass is 10.1. The van der Waals surface area contributed by atoms with Crippen LogP contribution in [0.2, 0.25) is 0 Å². The molecule has 0 saturated carbocycles. The van der Waals surface area contributed by atoms with Crippen LogP contribution < -0.4 is 5.32 Å². The summed E-state index contributed by atoms with van der Waals surface area (Å²) >= 11 is 0. The van der Waals surface area contributed by atoms with Gasteiger partial charge >= 0.3 is 5.97 Å². The highest BCUT2D eigenvalue weighted by atomic mass is 16.5. The summed E-state index contributed by atoms with van der Waals surface area (Å²) in [6, 6.07) is 7.30. The molecule has 0 atom stereocenters. The molecule has 6 heteroatoms. The minimum atomic E-state index is -0.323. The van der Waals surface area contributed by atoms with Crippen molar-refractivity contribution < 1.29 is 14.1 Å². The van der Waals surface area contributed by atoms with Crippen LogP contribution in [0.4, 0.5) is 0 Å². The van der Waals surface area contributed by atoms with E-state index in [-0.39, 0.29) is 5.97 Å². The Balaban J connectivity index is 1.75. The third-order valence-electron chi connectivity index (χ3n) is 2.64. The third-order valence-corrected chi connectivity index (χ3v) is 2.64. The zero-order chi connectivity index (χ0) is 13.5. The number of benzene rings is 1. The van der Waals surface area contributed by atoms with Crippen LogP contribution >= 0.6 is 0 Å². The molecule has 19 heavy (non-hydrogen) atoms. The Hall–Kier alpha value is -2.21. The minimum absolute atomic E-state index is 0.323. The lowest BCUT2D eigenvalue weighted by Gasteiger charge is -2.04. The molecule has 0 amide bonds. The molecule has 0 bridgehead atoms. The van der Waals surface area contributed by atoms with Gasteiger partial charge in [0.05, 0.1) is 12.7 Å². The summed E-state index contributed by atoms with van der Waals surface area (Å²) in [4.78, 5) is 15.2. The number of hydrogen-bond donors (Lipinski definition) is 1. The summed E-state index contributed by atoms with van der Waals surface area (Å²) in [6.45, 7) is 1.48. The largest absolute Gasteiger partial charge is 0.465 e. The second-order valence-electron chi connectivity index (χ2n) is 3.96. The number of methoxy groups -OCH3 is 1. The smallest absolute Gasteiger partial charge is 0.337 e. The fraction of sp³-hybridized carbons (Fsp3) is 0.308. The number of hydrogen-bond acceptors (Lipinski definition) is 6. The van der Waals surface area contributed by atoms with Crippen molar-refractivity contribution in [1.82, 2.24) is 15.5 Å². The lowest BCUT2D eigenvalue weighted by molar-refractivity contribution is 0.0600. The third kappa shape index (κ3) is 3.89. The predicted octanol–water partition coefficient (Wildman–Crippen LogP) is 1.19. The topological polar surface area (TPSA) is 77.2 Å². The molecule has 100 valence electrons. The van der Waals surface area contributed by atoms with Gasteiger partial charge in [-0.1, -0.05) is 17.3 Å². The van der Waals surface area contributed by atoms with Crippen LogP contribution in [0.3, 0.4) is 0 Å². The number of esters is 1. The zero-order valence-corrected chi connectivity index (χ0v) is 10.6. The average Bonchev–Trinajstić information content (AvgIpc) is 2.96. The fourth-order valence-corrected chi connectivity index (χ4v) is 1.61. The summed E-state index contributed by atoms with van der Waals surface area (Å²) in [6.07, 6.45) is 2.04. The summed E-state index contributed by atoms with van der Waals surface area (Å²) in [7, 11) is 1.37. The quantitative estimate of drug-likeness (QED) is 0.621. The molecule has 2 aromatic rings. The number of aromatic nitrogens is 2. The maximum absolute atomic E-state index is 11.3. The Kier molecular flexibility index (Phi) is 4.63. The SMILES string of the molecule is COC(=O)c1ccc(CNCCc2ncon2)cc1. The molecule has 0 fully saturated rings. The first-order valence-corrected chi connectivity index (χ1v) is 5.93. The standard InChI is InChI=1S/C13H15N3O3/c1-18-13(17)11-4-2-10(3-5-11)8-14-7-6-12-15-9-19-16-12/h2-5,9,14H,6-8H2,1H3. The highest BCUT2D eigenvalue weighted by Gasteiger charge is 2.04. The molecule has 2 rings (SSSR count). The fourth-order valence-electron chi connectivity index (χ4n) is 1.61. The molecular weight excluding hydrogens is 246 g/mol. The Morgan fingerprint density at radius 2 is 2.16 bits per heavy atom. The zero-order valence-electron chi connectivity index (χ0n) is 10.6.